The highest BCUT2D eigenvalue weighted by Gasteiger charge is 2.24. The SMILES string of the molecule is N#CC(Cl)Cc1cc(C(=O)O)cc(S(N)(=O)=O)c1Oc1ccccc1. The number of nitrogens with two attached hydrogens (primary N) is 1. The van der Waals surface area contributed by atoms with Crippen molar-refractivity contribution in [3.05, 3.63) is 53.6 Å². The maximum absolute atomic E-state index is 11.9. The number of carboxylic acids is 1. The zero-order valence-corrected chi connectivity index (χ0v) is 14.3. The Bertz CT molecular complexity index is 939. The quantitative estimate of drug-likeness (QED) is 0.740. The lowest BCUT2D eigenvalue weighted by molar-refractivity contribution is 0.0696. The number of carbonyl (C=O) groups is 1. The molecule has 0 aliphatic heterocycles. The number of halogens is 1. The number of hydrogen-bond acceptors (Lipinski definition) is 5. The van der Waals surface area contributed by atoms with Gasteiger partial charge in [0.05, 0.1) is 11.6 Å². The van der Waals surface area contributed by atoms with Crippen LogP contribution < -0.4 is 9.88 Å². The highest BCUT2D eigenvalue weighted by atomic mass is 35.5. The second kappa shape index (κ2) is 7.53. The molecule has 0 fully saturated rings. The molecule has 9 heteroatoms. The number of rotatable bonds is 6. The van der Waals surface area contributed by atoms with E-state index in [9.17, 15) is 18.3 Å². The minimum absolute atomic E-state index is 0.121. The van der Waals surface area contributed by atoms with Gasteiger partial charge in [-0.25, -0.2) is 18.4 Å². The Labute approximate surface area is 149 Å². The maximum atomic E-state index is 11.9. The van der Waals surface area contributed by atoms with Gasteiger partial charge in [0.2, 0.25) is 10.0 Å². The van der Waals surface area contributed by atoms with Crippen molar-refractivity contribution >= 4 is 27.6 Å². The minimum atomic E-state index is -4.29. The van der Waals surface area contributed by atoms with E-state index < -0.39 is 26.3 Å². The summed E-state index contributed by atoms with van der Waals surface area (Å²) in [7, 11) is -4.29. The van der Waals surface area contributed by atoms with Gasteiger partial charge in [-0.15, -0.1) is 11.6 Å². The number of hydrogen-bond donors (Lipinski definition) is 2. The summed E-state index contributed by atoms with van der Waals surface area (Å²) >= 11 is 5.83. The second-order valence-corrected chi connectivity index (χ2v) is 7.09. The molecule has 2 aromatic carbocycles. The molecule has 7 nitrogen and oxygen atoms in total. The van der Waals surface area contributed by atoms with Crippen molar-refractivity contribution < 1.29 is 23.1 Å². The van der Waals surface area contributed by atoms with Crippen LogP contribution in [0.15, 0.2) is 47.4 Å². The number of nitriles is 1. The van der Waals surface area contributed by atoms with E-state index in [0.717, 1.165) is 6.07 Å². The van der Waals surface area contributed by atoms with E-state index in [0.29, 0.717) is 5.75 Å². The van der Waals surface area contributed by atoms with Crippen LogP contribution in [0.25, 0.3) is 0 Å². The molecule has 0 aliphatic carbocycles. The summed E-state index contributed by atoms with van der Waals surface area (Å²) in [4.78, 5) is 10.8. The predicted molar refractivity (Wildman–Crippen MR) is 90.2 cm³/mol. The predicted octanol–water partition coefficient (Wildman–Crippen LogP) is 2.50. The molecule has 3 N–H and O–H groups in total. The van der Waals surface area contributed by atoms with E-state index in [4.69, 9.17) is 26.7 Å². The summed E-state index contributed by atoms with van der Waals surface area (Å²) in [5.41, 5.74) is -0.157. The molecule has 1 atom stereocenters. The average Bonchev–Trinajstić information content (AvgIpc) is 2.55. The van der Waals surface area contributed by atoms with Crippen LogP contribution in [-0.2, 0) is 16.4 Å². The van der Waals surface area contributed by atoms with Crippen molar-refractivity contribution in [2.45, 2.75) is 16.7 Å². The Morgan fingerprint density at radius 3 is 2.48 bits per heavy atom. The van der Waals surface area contributed by atoms with Gasteiger partial charge in [-0.05, 0) is 29.8 Å². The summed E-state index contributed by atoms with van der Waals surface area (Å²) in [6.45, 7) is 0. The Kier molecular flexibility index (Phi) is 5.64. The van der Waals surface area contributed by atoms with Crippen molar-refractivity contribution in [1.82, 2.24) is 0 Å². The van der Waals surface area contributed by atoms with Gasteiger partial charge in [-0.3, -0.25) is 0 Å². The lowest BCUT2D eigenvalue weighted by Crippen LogP contribution is -2.16. The molecule has 2 rings (SSSR count). The van der Waals surface area contributed by atoms with Gasteiger partial charge in [0, 0.05) is 6.42 Å². The largest absolute Gasteiger partial charge is 0.478 e. The first-order valence-electron chi connectivity index (χ1n) is 6.92. The molecule has 0 amide bonds. The number of carboxylic acid groups (broad SMARTS) is 1. The van der Waals surface area contributed by atoms with Gasteiger partial charge in [-0.1, -0.05) is 18.2 Å². The van der Waals surface area contributed by atoms with Crippen molar-refractivity contribution in [1.29, 1.82) is 5.26 Å². The van der Waals surface area contributed by atoms with Crippen LogP contribution in [0, 0.1) is 11.3 Å². The lowest BCUT2D eigenvalue weighted by Gasteiger charge is -2.16. The third-order valence-corrected chi connectivity index (χ3v) is 4.36. The van der Waals surface area contributed by atoms with Crippen LogP contribution in [0.5, 0.6) is 11.5 Å². The molecule has 0 spiro atoms. The Hall–Kier alpha value is -2.60. The van der Waals surface area contributed by atoms with Gasteiger partial charge in [0.1, 0.15) is 16.0 Å². The molecular formula is C16H13ClN2O5S. The normalized spacial score (nSPS) is 12.2. The van der Waals surface area contributed by atoms with Crippen molar-refractivity contribution in [3.8, 4) is 17.6 Å². The molecule has 0 aromatic heterocycles. The first kappa shape index (κ1) is 18.7. The number of sulfonamides is 1. The summed E-state index contributed by atoms with van der Waals surface area (Å²) in [6.07, 6.45) is -0.121. The van der Waals surface area contributed by atoms with Crippen molar-refractivity contribution in [2.75, 3.05) is 0 Å². The molecule has 0 saturated carbocycles. The van der Waals surface area contributed by atoms with Crippen LogP contribution in [-0.4, -0.2) is 24.9 Å². The maximum Gasteiger partial charge on any atom is 0.335 e. The molecule has 0 radical (unpaired) electrons. The van der Waals surface area contributed by atoms with E-state index in [1.54, 1.807) is 36.4 Å². The fourth-order valence-electron chi connectivity index (χ4n) is 2.11. The van der Waals surface area contributed by atoms with E-state index in [1.165, 1.54) is 6.07 Å². The Balaban J connectivity index is 2.70. The zero-order chi connectivity index (χ0) is 18.6. The lowest BCUT2D eigenvalue weighted by atomic mass is 10.0. The number of aromatic carboxylic acids is 1. The topological polar surface area (TPSA) is 130 Å². The number of para-hydroxylation sites is 1. The Morgan fingerprint density at radius 2 is 1.96 bits per heavy atom. The molecule has 25 heavy (non-hydrogen) atoms. The zero-order valence-electron chi connectivity index (χ0n) is 12.7. The van der Waals surface area contributed by atoms with Gasteiger partial charge >= 0.3 is 5.97 Å². The number of ether oxygens (including phenoxy) is 1. The first-order chi connectivity index (χ1) is 11.7. The molecule has 0 saturated heterocycles. The molecule has 0 heterocycles. The van der Waals surface area contributed by atoms with Crippen LogP contribution in [0.1, 0.15) is 15.9 Å². The van der Waals surface area contributed by atoms with Crippen LogP contribution in [0.3, 0.4) is 0 Å². The van der Waals surface area contributed by atoms with E-state index in [1.807, 2.05) is 0 Å². The van der Waals surface area contributed by atoms with Crippen LogP contribution >= 0.6 is 11.6 Å². The van der Waals surface area contributed by atoms with E-state index in [2.05, 4.69) is 0 Å². The number of benzene rings is 2. The smallest absolute Gasteiger partial charge is 0.335 e. The third-order valence-electron chi connectivity index (χ3n) is 3.19. The van der Waals surface area contributed by atoms with Crippen molar-refractivity contribution in [3.63, 3.8) is 0 Å². The summed E-state index contributed by atoms with van der Waals surface area (Å²) < 4.78 is 29.5. The molecule has 0 aliphatic rings. The molecule has 130 valence electrons. The monoisotopic (exact) mass is 380 g/mol. The van der Waals surface area contributed by atoms with E-state index in [-0.39, 0.29) is 23.3 Å². The van der Waals surface area contributed by atoms with Crippen molar-refractivity contribution in [2.24, 2.45) is 5.14 Å². The number of alkyl halides is 1. The number of primary sulfonamides is 1. The molecule has 1 unspecified atom stereocenters. The fourth-order valence-corrected chi connectivity index (χ4v) is 3.00. The Morgan fingerprint density at radius 1 is 1.32 bits per heavy atom. The average molecular weight is 381 g/mol. The molecule has 2 aromatic rings. The first-order valence-corrected chi connectivity index (χ1v) is 8.90. The minimum Gasteiger partial charge on any atom is -0.478 e. The highest BCUT2D eigenvalue weighted by molar-refractivity contribution is 7.89. The third kappa shape index (κ3) is 4.70. The van der Waals surface area contributed by atoms with Crippen LogP contribution in [0.2, 0.25) is 0 Å². The summed E-state index contributed by atoms with van der Waals surface area (Å²) in [6, 6.07) is 12.2. The van der Waals surface area contributed by atoms with Gasteiger partial charge in [0.25, 0.3) is 0 Å². The molecular weight excluding hydrogens is 368 g/mol. The van der Waals surface area contributed by atoms with Gasteiger partial charge in [0.15, 0.2) is 5.75 Å². The number of nitrogens with zero attached hydrogens (tertiary/aromatic N) is 1. The van der Waals surface area contributed by atoms with Gasteiger partial charge < -0.3 is 9.84 Å². The highest BCUT2D eigenvalue weighted by Crippen LogP contribution is 2.34. The summed E-state index contributed by atoms with van der Waals surface area (Å²) in [5.74, 6) is -1.18. The standard InChI is InChI=1S/C16H13ClN2O5S/c17-12(9-18)7-10-6-11(16(20)21)8-14(25(19,22)23)15(10)24-13-4-2-1-3-5-13/h1-6,8,12H,7H2,(H,20,21)(H2,19,22,23). The van der Waals surface area contributed by atoms with Gasteiger partial charge in [-0.2, -0.15) is 5.26 Å². The molecule has 0 bridgehead atoms. The fraction of sp³-hybridized carbons (Fsp3) is 0.125. The van der Waals surface area contributed by atoms with Crippen LogP contribution in [0.4, 0.5) is 0 Å². The van der Waals surface area contributed by atoms with E-state index >= 15 is 0 Å². The second-order valence-electron chi connectivity index (χ2n) is 5.03. The summed E-state index contributed by atoms with van der Waals surface area (Å²) in [5, 5.41) is 22.3.